The minimum atomic E-state index is 0.0264. The second-order valence-electron chi connectivity index (χ2n) is 6.52. The van der Waals surface area contributed by atoms with Crippen molar-refractivity contribution < 1.29 is 14.3 Å². The number of amides is 1. The van der Waals surface area contributed by atoms with E-state index >= 15 is 0 Å². The Hall–Kier alpha value is -2.08. The number of rotatable bonds is 2. The van der Waals surface area contributed by atoms with Crippen LogP contribution in [0.5, 0.6) is 11.5 Å². The van der Waals surface area contributed by atoms with Gasteiger partial charge >= 0.3 is 0 Å². The number of fused-ring (bicyclic) bond motifs is 1. The lowest BCUT2D eigenvalue weighted by molar-refractivity contribution is 0.0666. The summed E-state index contributed by atoms with van der Waals surface area (Å²) >= 11 is 1.70. The Labute approximate surface area is 145 Å². The van der Waals surface area contributed by atoms with Crippen LogP contribution < -0.4 is 9.47 Å². The molecule has 2 aliphatic rings. The zero-order chi connectivity index (χ0) is 16.6. The molecule has 0 saturated carbocycles. The second-order valence-corrected chi connectivity index (χ2v) is 7.41. The first-order valence-corrected chi connectivity index (χ1v) is 9.13. The number of benzene rings is 1. The third kappa shape index (κ3) is 2.65. The number of likely N-dealkylation sites (tertiary alicyclic amines) is 1. The summed E-state index contributed by atoms with van der Waals surface area (Å²) in [6.45, 7) is 4.73. The van der Waals surface area contributed by atoms with E-state index in [1.54, 1.807) is 11.3 Å². The van der Waals surface area contributed by atoms with Crippen LogP contribution in [0, 0.1) is 0 Å². The molecule has 1 fully saturated rings. The van der Waals surface area contributed by atoms with Crippen molar-refractivity contribution in [2.24, 2.45) is 0 Å². The van der Waals surface area contributed by atoms with E-state index in [9.17, 15) is 4.79 Å². The molecule has 126 valence electrons. The predicted octanol–water partition coefficient (Wildman–Crippen LogP) is 3.11. The van der Waals surface area contributed by atoms with E-state index in [4.69, 9.17) is 9.47 Å². The van der Waals surface area contributed by atoms with Crippen LogP contribution in [-0.2, 0) is 5.41 Å². The molecule has 1 amide bonds. The first-order chi connectivity index (χ1) is 11.7. The molecular weight excluding hydrogens is 324 g/mol. The number of carbonyl (C=O) groups is 1. The van der Waals surface area contributed by atoms with Gasteiger partial charge in [-0.2, -0.15) is 0 Å². The Morgan fingerprint density at radius 1 is 1.25 bits per heavy atom. The monoisotopic (exact) mass is 344 g/mol. The molecule has 1 saturated heterocycles. The largest absolute Gasteiger partial charge is 0.486 e. The van der Waals surface area contributed by atoms with Crippen molar-refractivity contribution in [1.29, 1.82) is 0 Å². The summed E-state index contributed by atoms with van der Waals surface area (Å²) in [6, 6.07) is 5.52. The number of para-hydroxylation sites is 1. The molecule has 0 atom stereocenters. The maximum atomic E-state index is 12.9. The van der Waals surface area contributed by atoms with Crippen LogP contribution in [0.15, 0.2) is 29.8 Å². The number of aromatic nitrogens is 1. The number of hydrogen-bond donors (Lipinski definition) is 0. The molecule has 0 aliphatic carbocycles. The van der Waals surface area contributed by atoms with Gasteiger partial charge in [0.15, 0.2) is 11.5 Å². The third-order valence-corrected chi connectivity index (χ3v) is 5.98. The molecule has 1 aromatic heterocycles. The molecule has 0 bridgehead atoms. The van der Waals surface area contributed by atoms with E-state index in [2.05, 4.69) is 11.9 Å². The molecule has 0 N–H and O–H groups in total. The van der Waals surface area contributed by atoms with Crippen molar-refractivity contribution in [3.8, 4) is 11.5 Å². The normalized spacial score (nSPS) is 19.1. The van der Waals surface area contributed by atoms with E-state index in [-0.39, 0.29) is 11.3 Å². The lowest BCUT2D eigenvalue weighted by Crippen LogP contribution is -2.44. The lowest BCUT2D eigenvalue weighted by atomic mass is 9.81. The summed E-state index contributed by atoms with van der Waals surface area (Å²) in [4.78, 5) is 19.3. The molecule has 6 heteroatoms. The van der Waals surface area contributed by atoms with Crippen LogP contribution in [0.4, 0.5) is 0 Å². The van der Waals surface area contributed by atoms with Crippen molar-refractivity contribution in [3.63, 3.8) is 0 Å². The summed E-state index contributed by atoms with van der Waals surface area (Å²) in [6.07, 6.45) is 3.72. The highest BCUT2D eigenvalue weighted by molar-refractivity contribution is 7.09. The standard InChI is InChI=1S/C18H20N2O3S/c1-18(17-19-7-12-24-17)5-8-20(9-6-18)16(21)13-3-2-4-14-15(13)23-11-10-22-14/h2-4,7,12H,5-6,8-11H2,1H3. The van der Waals surface area contributed by atoms with Crippen LogP contribution in [0.3, 0.4) is 0 Å². The molecule has 24 heavy (non-hydrogen) atoms. The van der Waals surface area contributed by atoms with Crippen LogP contribution in [-0.4, -0.2) is 42.1 Å². The minimum absolute atomic E-state index is 0.0264. The predicted molar refractivity (Wildman–Crippen MR) is 92.0 cm³/mol. The van der Waals surface area contributed by atoms with E-state index in [0.717, 1.165) is 25.9 Å². The fourth-order valence-electron chi connectivity index (χ4n) is 3.35. The van der Waals surface area contributed by atoms with Crippen LogP contribution >= 0.6 is 11.3 Å². The molecule has 0 radical (unpaired) electrons. The smallest absolute Gasteiger partial charge is 0.257 e. The van der Waals surface area contributed by atoms with E-state index in [1.807, 2.05) is 34.7 Å². The molecular formula is C18H20N2O3S. The Balaban J connectivity index is 1.51. The van der Waals surface area contributed by atoms with Crippen LogP contribution in [0.25, 0.3) is 0 Å². The first-order valence-electron chi connectivity index (χ1n) is 8.25. The average Bonchev–Trinajstić information content (AvgIpc) is 3.17. The first kappa shape index (κ1) is 15.4. The van der Waals surface area contributed by atoms with Crippen molar-refractivity contribution in [1.82, 2.24) is 9.88 Å². The topological polar surface area (TPSA) is 51.7 Å². The van der Waals surface area contributed by atoms with E-state index in [1.165, 1.54) is 5.01 Å². The van der Waals surface area contributed by atoms with Crippen molar-refractivity contribution in [2.75, 3.05) is 26.3 Å². The summed E-state index contributed by atoms with van der Waals surface area (Å²) in [5.41, 5.74) is 0.672. The quantitative estimate of drug-likeness (QED) is 0.840. The molecule has 0 unspecified atom stereocenters. The van der Waals surface area contributed by atoms with Gasteiger partial charge in [0, 0.05) is 30.1 Å². The van der Waals surface area contributed by atoms with Gasteiger partial charge in [0.2, 0.25) is 0 Å². The zero-order valence-corrected chi connectivity index (χ0v) is 14.5. The van der Waals surface area contributed by atoms with E-state index in [0.29, 0.717) is 30.3 Å². The number of ether oxygens (including phenoxy) is 2. The van der Waals surface area contributed by atoms with Gasteiger partial charge in [-0.05, 0) is 25.0 Å². The maximum Gasteiger partial charge on any atom is 0.257 e. The molecule has 5 nitrogen and oxygen atoms in total. The minimum Gasteiger partial charge on any atom is -0.486 e. The molecule has 4 rings (SSSR count). The van der Waals surface area contributed by atoms with Crippen molar-refractivity contribution in [2.45, 2.75) is 25.2 Å². The van der Waals surface area contributed by atoms with E-state index < -0.39 is 0 Å². The van der Waals surface area contributed by atoms with Crippen molar-refractivity contribution >= 4 is 17.2 Å². The highest BCUT2D eigenvalue weighted by atomic mass is 32.1. The number of carbonyl (C=O) groups excluding carboxylic acids is 1. The number of thiazole rings is 1. The highest BCUT2D eigenvalue weighted by Crippen LogP contribution is 2.38. The summed E-state index contributed by atoms with van der Waals surface area (Å²) in [7, 11) is 0. The fraction of sp³-hybridized carbons (Fsp3) is 0.444. The Bertz CT molecular complexity index is 737. The molecule has 3 heterocycles. The van der Waals surface area contributed by atoms with Gasteiger partial charge in [0.1, 0.15) is 13.2 Å². The number of piperidine rings is 1. The zero-order valence-electron chi connectivity index (χ0n) is 13.7. The second kappa shape index (κ2) is 6.09. The number of hydrogen-bond acceptors (Lipinski definition) is 5. The average molecular weight is 344 g/mol. The van der Waals surface area contributed by atoms with Gasteiger partial charge in [-0.3, -0.25) is 4.79 Å². The Kier molecular flexibility index (Phi) is 3.92. The maximum absolute atomic E-state index is 12.9. The number of nitrogens with zero attached hydrogens (tertiary/aromatic N) is 2. The summed E-state index contributed by atoms with van der Waals surface area (Å²) in [5.74, 6) is 1.28. The van der Waals surface area contributed by atoms with Gasteiger partial charge < -0.3 is 14.4 Å². The fourth-order valence-corrected chi connectivity index (χ4v) is 4.21. The van der Waals surface area contributed by atoms with Crippen molar-refractivity contribution in [3.05, 3.63) is 40.3 Å². The molecule has 2 aromatic rings. The molecule has 2 aliphatic heterocycles. The Morgan fingerprint density at radius 2 is 2.04 bits per heavy atom. The van der Waals surface area contributed by atoms with Gasteiger partial charge in [0.05, 0.1) is 10.6 Å². The third-order valence-electron chi connectivity index (χ3n) is 4.90. The van der Waals surface area contributed by atoms with Gasteiger partial charge in [-0.1, -0.05) is 13.0 Å². The van der Waals surface area contributed by atoms with Gasteiger partial charge in [-0.25, -0.2) is 4.98 Å². The summed E-state index contributed by atoms with van der Waals surface area (Å²) < 4.78 is 11.3. The Morgan fingerprint density at radius 3 is 2.79 bits per heavy atom. The highest BCUT2D eigenvalue weighted by Gasteiger charge is 2.36. The van der Waals surface area contributed by atoms with Crippen LogP contribution in [0.1, 0.15) is 35.1 Å². The summed E-state index contributed by atoms with van der Waals surface area (Å²) in [5, 5.41) is 3.19. The SMILES string of the molecule is CC1(c2nccs2)CCN(C(=O)c2cccc3c2OCCO3)CC1. The van der Waals surface area contributed by atoms with Gasteiger partial charge in [-0.15, -0.1) is 11.3 Å². The van der Waals surface area contributed by atoms with Gasteiger partial charge in [0.25, 0.3) is 5.91 Å². The van der Waals surface area contributed by atoms with Crippen LogP contribution in [0.2, 0.25) is 0 Å². The molecule has 1 aromatic carbocycles. The molecule has 0 spiro atoms. The lowest BCUT2D eigenvalue weighted by Gasteiger charge is -2.38.